The maximum absolute atomic E-state index is 6.50. The number of rotatable bonds is 4. The van der Waals surface area contributed by atoms with Crippen molar-refractivity contribution in [2.24, 2.45) is 0 Å². The Labute approximate surface area is 252 Å². The molecule has 5 heteroatoms. The Morgan fingerprint density at radius 2 is 0.932 bits per heavy atom. The van der Waals surface area contributed by atoms with Gasteiger partial charge in [0.25, 0.3) is 0 Å². The third-order valence-corrected chi connectivity index (χ3v) is 8.14. The second-order valence-electron chi connectivity index (χ2n) is 10.8. The van der Waals surface area contributed by atoms with Crippen LogP contribution >= 0.6 is 0 Å². The standard InChI is InChI=1S/C39H23N3O2/c1-3-10-24(11-4-1)37-40-38(25-12-5-2-6-13-25)42-39(41-37)27-19-21-34-32(22-27)31-16-9-15-28(36(31)44-34)26-18-20-30-29-14-7-8-17-33(29)43-35(30)23-26/h1-23H. The first-order valence-corrected chi connectivity index (χ1v) is 14.5. The lowest BCUT2D eigenvalue weighted by molar-refractivity contribution is 0.668. The number of fused-ring (bicyclic) bond motifs is 6. The Hall–Kier alpha value is -6.07. The highest BCUT2D eigenvalue weighted by molar-refractivity contribution is 6.11. The van der Waals surface area contributed by atoms with Crippen molar-refractivity contribution < 1.29 is 8.83 Å². The second-order valence-corrected chi connectivity index (χ2v) is 10.8. The Balaban J connectivity index is 1.20. The van der Waals surface area contributed by atoms with Crippen molar-refractivity contribution in [1.82, 2.24) is 15.0 Å². The van der Waals surface area contributed by atoms with E-state index in [-0.39, 0.29) is 0 Å². The average molecular weight is 566 g/mol. The smallest absolute Gasteiger partial charge is 0.164 e. The van der Waals surface area contributed by atoms with E-state index < -0.39 is 0 Å². The fourth-order valence-electron chi connectivity index (χ4n) is 6.00. The van der Waals surface area contributed by atoms with Crippen molar-refractivity contribution in [2.75, 3.05) is 0 Å². The zero-order valence-electron chi connectivity index (χ0n) is 23.4. The Morgan fingerprint density at radius 1 is 0.341 bits per heavy atom. The zero-order chi connectivity index (χ0) is 29.0. The zero-order valence-corrected chi connectivity index (χ0v) is 23.4. The minimum Gasteiger partial charge on any atom is -0.456 e. The summed E-state index contributed by atoms with van der Waals surface area (Å²) in [6.07, 6.45) is 0. The minimum absolute atomic E-state index is 0.612. The molecule has 9 rings (SSSR count). The first-order valence-electron chi connectivity index (χ1n) is 14.5. The number of furan rings is 2. The third kappa shape index (κ3) is 3.98. The molecule has 5 nitrogen and oxygen atoms in total. The van der Waals surface area contributed by atoms with Crippen LogP contribution in [0.5, 0.6) is 0 Å². The topological polar surface area (TPSA) is 65.0 Å². The monoisotopic (exact) mass is 565 g/mol. The van der Waals surface area contributed by atoms with Crippen molar-refractivity contribution in [3.05, 3.63) is 140 Å². The van der Waals surface area contributed by atoms with Crippen LogP contribution in [0.1, 0.15) is 0 Å². The number of aromatic nitrogens is 3. The van der Waals surface area contributed by atoms with Gasteiger partial charge < -0.3 is 8.83 Å². The molecule has 0 atom stereocenters. The highest BCUT2D eigenvalue weighted by Gasteiger charge is 2.17. The summed E-state index contributed by atoms with van der Waals surface area (Å²) in [4.78, 5) is 14.7. The van der Waals surface area contributed by atoms with Gasteiger partial charge in [0.15, 0.2) is 17.5 Å². The van der Waals surface area contributed by atoms with Gasteiger partial charge in [0, 0.05) is 43.8 Å². The maximum Gasteiger partial charge on any atom is 0.164 e. The molecular formula is C39H23N3O2. The largest absolute Gasteiger partial charge is 0.456 e. The summed E-state index contributed by atoms with van der Waals surface area (Å²) in [7, 11) is 0. The number of hydrogen-bond donors (Lipinski definition) is 0. The van der Waals surface area contributed by atoms with Crippen molar-refractivity contribution in [2.45, 2.75) is 0 Å². The summed E-state index contributed by atoms with van der Waals surface area (Å²) < 4.78 is 12.7. The van der Waals surface area contributed by atoms with Crippen LogP contribution in [-0.2, 0) is 0 Å². The molecule has 0 aliphatic carbocycles. The van der Waals surface area contributed by atoms with Crippen LogP contribution in [0.15, 0.2) is 148 Å². The fraction of sp³-hybridized carbons (Fsp3) is 0. The predicted molar refractivity (Wildman–Crippen MR) is 176 cm³/mol. The van der Waals surface area contributed by atoms with E-state index in [9.17, 15) is 0 Å². The van der Waals surface area contributed by atoms with Gasteiger partial charge >= 0.3 is 0 Å². The van der Waals surface area contributed by atoms with Crippen molar-refractivity contribution in [3.63, 3.8) is 0 Å². The molecule has 6 aromatic carbocycles. The van der Waals surface area contributed by atoms with Crippen molar-refractivity contribution >= 4 is 43.9 Å². The van der Waals surface area contributed by atoms with Gasteiger partial charge in [-0.05, 0) is 42.0 Å². The first-order chi connectivity index (χ1) is 21.8. The number of hydrogen-bond acceptors (Lipinski definition) is 5. The van der Waals surface area contributed by atoms with Gasteiger partial charge in [-0.25, -0.2) is 15.0 Å². The molecule has 0 spiro atoms. The number of nitrogens with zero attached hydrogens (tertiary/aromatic N) is 3. The van der Waals surface area contributed by atoms with Gasteiger partial charge in [-0.2, -0.15) is 0 Å². The molecule has 0 aliphatic heterocycles. The molecule has 0 saturated carbocycles. The molecule has 0 amide bonds. The first kappa shape index (κ1) is 24.5. The Bertz CT molecular complexity index is 2440. The van der Waals surface area contributed by atoms with Crippen molar-refractivity contribution in [3.8, 4) is 45.3 Å². The van der Waals surface area contributed by atoms with Gasteiger partial charge in [0.1, 0.15) is 22.3 Å². The van der Waals surface area contributed by atoms with Gasteiger partial charge in [0.05, 0.1) is 0 Å². The normalized spacial score (nSPS) is 11.6. The highest BCUT2D eigenvalue weighted by atomic mass is 16.3. The van der Waals surface area contributed by atoms with Crippen LogP contribution in [0.4, 0.5) is 0 Å². The molecule has 0 N–H and O–H groups in total. The molecular weight excluding hydrogens is 542 g/mol. The quantitative estimate of drug-likeness (QED) is 0.212. The molecule has 0 fully saturated rings. The minimum atomic E-state index is 0.612. The molecule has 206 valence electrons. The van der Waals surface area contributed by atoms with E-state index in [1.54, 1.807) is 0 Å². The summed E-state index contributed by atoms with van der Waals surface area (Å²) in [5, 5.41) is 4.26. The molecule has 3 heterocycles. The highest BCUT2D eigenvalue weighted by Crippen LogP contribution is 2.39. The number of benzene rings is 6. The van der Waals surface area contributed by atoms with E-state index in [0.29, 0.717) is 17.5 Å². The molecule has 9 aromatic rings. The van der Waals surface area contributed by atoms with E-state index in [1.807, 2.05) is 91.0 Å². The lowest BCUT2D eigenvalue weighted by Gasteiger charge is -2.08. The Kier molecular flexibility index (Phi) is 5.43. The summed E-state index contributed by atoms with van der Waals surface area (Å²) in [6, 6.07) is 47.0. The molecule has 0 bridgehead atoms. The Morgan fingerprint density at radius 3 is 1.68 bits per heavy atom. The average Bonchev–Trinajstić information content (AvgIpc) is 3.66. The summed E-state index contributed by atoms with van der Waals surface area (Å²) in [5.41, 5.74) is 8.21. The van der Waals surface area contributed by atoms with Gasteiger partial charge in [-0.3, -0.25) is 0 Å². The van der Waals surface area contributed by atoms with Crippen LogP contribution < -0.4 is 0 Å². The van der Waals surface area contributed by atoms with Crippen LogP contribution in [0.3, 0.4) is 0 Å². The predicted octanol–water partition coefficient (Wildman–Crippen LogP) is 10.3. The lowest BCUT2D eigenvalue weighted by Crippen LogP contribution is -2.00. The SMILES string of the molecule is c1ccc(-c2nc(-c3ccccc3)nc(-c3ccc4oc5c(-c6ccc7c(c6)oc6ccccc67)cccc5c4c3)n2)cc1. The molecule has 0 unspecified atom stereocenters. The van der Waals surface area contributed by atoms with Gasteiger partial charge in [0.2, 0.25) is 0 Å². The molecule has 44 heavy (non-hydrogen) atoms. The molecule has 0 aliphatic rings. The van der Waals surface area contributed by atoms with E-state index in [4.69, 9.17) is 23.8 Å². The van der Waals surface area contributed by atoms with Crippen LogP contribution in [-0.4, -0.2) is 15.0 Å². The lowest BCUT2D eigenvalue weighted by atomic mass is 10.0. The van der Waals surface area contributed by atoms with Crippen LogP contribution in [0, 0.1) is 0 Å². The van der Waals surface area contributed by atoms with Gasteiger partial charge in [-0.1, -0.05) is 103 Å². The summed E-state index contributed by atoms with van der Waals surface area (Å²) in [6.45, 7) is 0. The molecule has 3 aromatic heterocycles. The third-order valence-electron chi connectivity index (χ3n) is 8.14. The van der Waals surface area contributed by atoms with E-state index >= 15 is 0 Å². The fourth-order valence-corrected chi connectivity index (χ4v) is 6.00. The summed E-state index contributed by atoms with van der Waals surface area (Å²) in [5.74, 6) is 1.88. The summed E-state index contributed by atoms with van der Waals surface area (Å²) >= 11 is 0. The maximum atomic E-state index is 6.50. The van der Waals surface area contributed by atoms with E-state index in [0.717, 1.165) is 71.7 Å². The number of para-hydroxylation sites is 2. The van der Waals surface area contributed by atoms with Gasteiger partial charge in [-0.15, -0.1) is 0 Å². The van der Waals surface area contributed by atoms with E-state index in [2.05, 4.69) is 48.5 Å². The molecule has 0 radical (unpaired) electrons. The van der Waals surface area contributed by atoms with Crippen LogP contribution in [0.2, 0.25) is 0 Å². The van der Waals surface area contributed by atoms with Crippen molar-refractivity contribution in [1.29, 1.82) is 0 Å². The van der Waals surface area contributed by atoms with E-state index in [1.165, 1.54) is 0 Å². The van der Waals surface area contributed by atoms with Crippen LogP contribution in [0.25, 0.3) is 89.2 Å². The second kappa shape index (κ2) is 9.75. The molecule has 0 saturated heterocycles.